The molecule has 0 aliphatic carbocycles. The van der Waals surface area contributed by atoms with E-state index in [9.17, 15) is 13.2 Å². The summed E-state index contributed by atoms with van der Waals surface area (Å²) in [5.41, 5.74) is 0. The van der Waals surface area contributed by atoms with E-state index in [1.165, 1.54) is 0 Å². The Hall–Kier alpha value is -0.620. The monoisotopic (exact) mass is 260 g/mol. The van der Waals surface area contributed by atoms with E-state index in [2.05, 4.69) is 5.32 Å². The third kappa shape index (κ3) is 2.47. The third-order valence-electron chi connectivity index (χ3n) is 3.62. The fraction of sp³-hybridized carbons (Fsp3) is 0.909. The predicted octanol–water partition coefficient (Wildman–Crippen LogP) is 0.120. The van der Waals surface area contributed by atoms with Crippen LogP contribution in [0.5, 0.6) is 0 Å². The van der Waals surface area contributed by atoms with Crippen molar-refractivity contribution in [3.63, 3.8) is 0 Å². The van der Waals surface area contributed by atoms with Crippen LogP contribution in [0.4, 0.5) is 0 Å². The van der Waals surface area contributed by atoms with Crippen LogP contribution in [0.25, 0.3) is 0 Å². The second-order valence-corrected chi connectivity index (χ2v) is 7.20. The lowest BCUT2D eigenvalue weighted by molar-refractivity contribution is -0.131. The third-order valence-corrected chi connectivity index (χ3v) is 5.43. The molecule has 98 valence electrons. The molecule has 0 saturated carbocycles. The molecule has 1 N–H and O–H groups in total. The SMILES string of the molecule is CCC1NC(C)C(=O)N1C1CCCS(=O)(=O)C1. The molecular weight excluding hydrogens is 240 g/mol. The van der Waals surface area contributed by atoms with Gasteiger partial charge in [-0.1, -0.05) is 6.92 Å². The van der Waals surface area contributed by atoms with Gasteiger partial charge >= 0.3 is 0 Å². The number of hydrogen-bond donors (Lipinski definition) is 1. The molecule has 2 heterocycles. The first kappa shape index (κ1) is 12.8. The number of nitrogens with zero attached hydrogens (tertiary/aromatic N) is 1. The van der Waals surface area contributed by atoms with Gasteiger partial charge in [-0.25, -0.2) is 8.42 Å². The van der Waals surface area contributed by atoms with Crippen LogP contribution < -0.4 is 5.32 Å². The van der Waals surface area contributed by atoms with Crippen LogP contribution in [0, 0.1) is 0 Å². The van der Waals surface area contributed by atoms with E-state index in [-0.39, 0.29) is 35.7 Å². The van der Waals surface area contributed by atoms with Gasteiger partial charge in [-0.15, -0.1) is 0 Å². The summed E-state index contributed by atoms with van der Waals surface area (Å²) in [6.45, 7) is 3.84. The Morgan fingerprint density at radius 2 is 2.18 bits per heavy atom. The Morgan fingerprint density at radius 3 is 2.76 bits per heavy atom. The van der Waals surface area contributed by atoms with Gasteiger partial charge in [0, 0.05) is 6.04 Å². The zero-order valence-electron chi connectivity index (χ0n) is 10.3. The number of nitrogens with one attached hydrogen (secondary N) is 1. The van der Waals surface area contributed by atoms with E-state index >= 15 is 0 Å². The lowest BCUT2D eigenvalue weighted by Gasteiger charge is -2.34. The van der Waals surface area contributed by atoms with E-state index in [1.807, 2.05) is 13.8 Å². The van der Waals surface area contributed by atoms with Crippen molar-refractivity contribution in [3.05, 3.63) is 0 Å². The normalized spacial score (nSPS) is 37.4. The van der Waals surface area contributed by atoms with Gasteiger partial charge in [-0.2, -0.15) is 0 Å². The molecule has 0 aromatic heterocycles. The van der Waals surface area contributed by atoms with Crippen LogP contribution in [0.3, 0.4) is 0 Å². The second-order valence-electron chi connectivity index (χ2n) is 4.97. The highest BCUT2D eigenvalue weighted by atomic mass is 32.2. The smallest absolute Gasteiger partial charge is 0.241 e. The Bertz CT molecular complexity index is 407. The summed E-state index contributed by atoms with van der Waals surface area (Å²) >= 11 is 0. The number of amides is 1. The maximum Gasteiger partial charge on any atom is 0.241 e. The molecule has 0 aromatic carbocycles. The number of hydrogen-bond acceptors (Lipinski definition) is 4. The van der Waals surface area contributed by atoms with Crippen LogP contribution >= 0.6 is 0 Å². The van der Waals surface area contributed by atoms with Crippen LogP contribution in [0.15, 0.2) is 0 Å². The lowest BCUT2D eigenvalue weighted by Crippen LogP contribution is -2.49. The quantitative estimate of drug-likeness (QED) is 0.766. The van der Waals surface area contributed by atoms with Crippen molar-refractivity contribution in [3.8, 4) is 0 Å². The molecule has 0 radical (unpaired) electrons. The molecule has 2 aliphatic heterocycles. The van der Waals surface area contributed by atoms with Crippen molar-refractivity contribution >= 4 is 15.7 Å². The summed E-state index contributed by atoms with van der Waals surface area (Å²) < 4.78 is 23.3. The van der Waals surface area contributed by atoms with Crippen molar-refractivity contribution in [2.75, 3.05) is 11.5 Å². The van der Waals surface area contributed by atoms with Crippen molar-refractivity contribution in [2.24, 2.45) is 0 Å². The minimum atomic E-state index is -2.96. The highest BCUT2D eigenvalue weighted by Gasteiger charge is 2.41. The fourth-order valence-corrected chi connectivity index (χ4v) is 4.47. The van der Waals surface area contributed by atoms with Crippen molar-refractivity contribution in [1.82, 2.24) is 10.2 Å². The van der Waals surface area contributed by atoms with Crippen molar-refractivity contribution < 1.29 is 13.2 Å². The molecule has 0 aromatic rings. The van der Waals surface area contributed by atoms with E-state index < -0.39 is 9.84 Å². The van der Waals surface area contributed by atoms with Crippen molar-refractivity contribution in [2.45, 2.75) is 51.4 Å². The first-order chi connectivity index (χ1) is 7.94. The molecule has 3 atom stereocenters. The molecule has 2 saturated heterocycles. The zero-order valence-corrected chi connectivity index (χ0v) is 11.2. The molecule has 0 bridgehead atoms. The number of carbonyl (C=O) groups excluding carboxylic acids is 1. The highest BCUT2D eigenvalue weighted by Crippen LogP contribution is 2.24. The molecule has 1 amide bonds. The second kappa shape index (κ2) is 4.57. The fourth-order valence-electron chi connectivity index (χ4n) is 2.78. The highest BCUT2D eigenvalue weighted by molar-refractivity contribution is 7.91. The van der Waals surface area contributed by atoms with Gasteiger partial charge < -0.3 is 4.90 Å². The van der Waals surface area contributed by atoms with E-state index in [1.54, 1.807) is 4.90 Å². The maximum absolute atomic E-state index is 12.1. The molecule has 0 spiro atoms. The Balaban J connectivity index is 2.17. The number of rotatable bonds is 2. The molecule has 17 heavy (non-hydrogen) atoms. The molecule has 2 aliphatic rings. The summed E-state index contributed by atoms with van der Waals surface area (Å²) in [5, 5.41) is 3.21. The molecular formula is C11H20N2O3S. The molecule has 5 nitrogen and oxygen atoms in total. The molecule has 6 heteroatoms. The topological polar surface area (TPSA) is 66.5 Å². The summed E-state index contributed by atoms with van der Waals surface area (Å²) in [5.74, 6) is 0.438. The van der Waals surface area contributed by atoms with Crippen LogP contribution in [-0.4, -0.2) is 49.0 Å². The Labute approximate surface area is 102 Å². The number of carbonyl (C=O) groups is 1. The van der Waals surface area contributed by atoms with Gasteiger partial charge in [-0.05, 0) is 26.2 Å². The van der Waals surface area contributed by atoms with Gasteiger partial charge in [0.1, 0.15) is 0 Å². The van der Waals surface area contributed by atoms with Gasteiger partial charge in [0.05, 0.1) is 23.7 Å². The van der Waals surface area contributed by atoms with Crippen molar-refractivity contribution in [1.29, 1.82) is 0 Å². The van der Waals surface area contributed by atoms with E-state index in [4.69, 9.17) is 0 Å². The van der Waals surface area contributed by atoms with Gasteiger partial charge in [0.2, 0.25) is 5.91 Å². The van der Waals surface area contributed by atoms with Crippen LogP contribution in [0.2, 0.25) is 0 Å². The average Bonchev–Trinajstić information content (AvgIpc) is 2.53. The summed E-state index contributed by atoms with van der Waals surface area (Å²) in [7, 11) is -2.96. The molecule has 2 fully saturated rings. The number of sulfone groups is 1. The average molecular weight is 260 g/mol. The van der Waals surface area contributed by atoms with Gasteiger partial charge in [0.25, 0.3) is 0 Å². The first-order valence-corrected chi connectivity index (χ1v) is 8.05. The summed E-state index contributed by atoms with van der Waals surface area (Å²) in [6, 6.07) is -0.326. The first-order valence-electron chi connectivity index (χ1n) is 6.23. The minimum absolute atomic E-state index is 0.00389. The summed E-state index contributed by atoms with van der Waals surface area (Å²) in [4.78, 5) is 13.8. The minimum Gasteiger partial charge on any atom is -0.322 e. The van der Waals surface area contributed by atoms with Gasteiger partial charge in [0.15, 0.2) is 9.84 Å². The lowest BCUT2D eigenvalue weighted by atomic mass is 10.1. The Kier molecular flexibility index (Phi) is 3.45. The Morgan fingerprint density at radius 1 is 1.47 bits per heavy atom. The van der Waals surface area contributed by atoms with Crippen LogP contribution in [0.1, 0.15) is 33.1 Å². The largest absolute Gasteiger partial charge is 0.322 e. The van der Waals surface area contributed by atoms with Gasteiger partial charge in [-0.3, -0.25) is 10.1 Å². The van der Waals surface area contributed by atoms with E-state index in [0.29, 0.717) is 6.42 Å². The summed E-state index contributed by atoms with van der Waals surface area (Å²) in [6.07, 6.45) is 2.28. The zero-order chi connectivity index (χ0) is 12.6. The standard InChI is InChI=1S/C11H20N2O3S/c1-3-10-12-8(2)11(14)13(10)9-5-4-6-17(15,16)7-9/h8-10,12H,3-7H2,1-2H3. The van der Waals surface area contributed by atoms with Crippen LogP contribution in [-0.2, 0) is 14.6 Å². The predicted molar refractivity (Wildman–Crippen MR) is 65.2 cm³/mol. The van der Waals surface area contributed by atoms with E-state index in [0.717, 1.165) is 12.8 Å². The maximum atomic E-state index is 12.1. The molecule has 3 unspecified atom stereocenters. The molecule has 2 rings (SSSR count).